The van der Waals surface area contributed by atoms with Crippen molar-refractivity contribution in [2.75, 3.05) is 0 Å². The van der Waals surface area contributed by atoms with Crippen molar-refractivity contribution in [3.63, 3.8) is 0 Å². The predicted molar refractivity (Wildman–Crippen MR) is 71.6 cm³/mol. The maximum Gasteiger partial charge on any atom is 0.408 e. The van der Waals surface area contributed by atoms with Crippen LogP contribution >= 0.6 is 0 Å². The van der Waals surface area contributed by atoms with Crippen molar-refractivity contribution in [1.29, 1.82) is 0 Å². The molecule has 3 heteroatoms. The number of aryl methyl sites for hydroxylation is 2. The monoisotopic (exact) mass is 247 g/mol. The van der Waals surface area contributed by atoms with E-state index in [4.69, 9.17) is 4.74 Å². The number of hydrogen-bond donors (Lipinski definition) is 1. The number of hydrogen-bond acceptors (Lipinski definition) is 2. The van der Waals surface area contributed by atoms with Gasteiger partial charge in [0.15, 0.2) is 0 Å². The van der Waals surface area contributed by atoms with Crippen LogP contribution in [0.2, 0.25) is 0 Å². The molecule has 1 aliphatic rings. The fourth-order valence-electron chi connectivity index (χ4n) is 2.50. The minimum atomic E-state index is -0.447. The van der Waals surface area contributed by atoms with Crippen LogP contribution in [-0.2, 0) is 11.2 Å². The first-order valence-electron chi connectivity index (χ1n) is 6.45. The summed E-state index contributed by atoms with van der Waals surface area (Å²) in [6, 6.07) is 6.40. The molecule has 0 fully saturated rings. The van der Waals surface area contributed by atoms with Crippen LogP contribution in [0.25, 0.3) is 0 Å². The van der Waals surface area contributed by atoms with E-state index in [9.17, 15) is 4.79 Å². The van der Waals surface area contributed by atoms with E-state index in [0.717, 1.165) is 12.8 Å². The molecule has 3 nitrogen and oxygen atoms in total. The van der Waals surface area contributed by atoms with E-state index in [1.165, 1.54) is 16.7 Å². The molecule has 0 heterocycles. The maximum absolute atomic E-state index is 11.8. The van der Waals surface area contributed by atoms with Crippen LogP contribution < -0.4 is 5.32 Å². The molecule has 1 unspecified atom stereocenters. The van der Waals surface area contributed by atoms with Gasteiger partial charge in [-0.05, 0) is 57.2 Å². The van der Waals surface area contributed by atoms with Gasteiger partial charge in [0.25, 0.3) is 0 Å². The minimum Gasteiger partial charge on any atom is -0.444 e. The Kier molecular flexibility index (Phi) is 3.33. The van der Waals surface area contributed by atoms with Gasteiger partial charge >= 0.3 is 6.09 Å². The van der Waals surface area contributed by atoms with Crippen molar-refractivity contribution in [2.45, 2.75) is 52.2 Å². The first-order chi connectivity index (χ1) is 8.37. The zero-order valence-corrected chi connectivity index (χ0v) is 11.5. The maximum atomic E-state index is 11.8. The molecule has 0 radical (unpaired) electrons. The SMILES string of the molecule is Cc1cccc2c1C(NC(=O)OC(C)(C)C)CC2. The van der Waals surface area contributed by atoms with Crippen molar-refractivity contribution < 1.29 is 9.53 Å². The van der Waals surface area contributed by atoms with Gasteiger partial charge in [0, 0.05) is 0 Å². The molecule has 0 spiro atoms. The van der Waals surface area contributed by atoms with E-state index >= 15 is 0 Å². The van der Waals surface area contributed by atoms with Crippen LogP contribution in [0.1, 0.15) is 49.9 Å². The Morgan fingerprint density at radius 3 is 2.78 bits per heavy atom. The van der Waals surface area contributed by atoms with Gasteiger partial charge in [-0.1, -0.05) is 18.2 Å². The van der Waals surface area contributed by atoms with Crippen LogP contribution in [-0.4, -0.2) is 11.7 Å². The van der Waals surface area contributed by atoms with Gasteiger partial charge in [0.05, 0.1) is 6.04 Å². The zero-order chi connectivity index (χ0) is 13.3. The summed E-state index contributed by atoms with van der Waals surface area (Å²) in [5.41, 5.74) is 3.41. The Morgan fingerprint density at radius 1 is 1.39 bits per heavy atom. The third-order valence-electron chi connectivity index (χ3n) is 3.16. The zero-order valence-electron chi connectivity index (χ0n) is 11.5. The molecule has 1 aliphatic carbocycles. The van der Waals surface area contributed by atoms with Crippen molar-refractivity contribution in [1.82, 2.24) is 5.32 Å². The molecular weight excluding hydrogens is 226 g/mol. The standard InChI is InChI=1S/C15H21NO2/c1-10-6-5-7-11-8-9-12(13(10)11)16-14(17)18-15(2,3)4/h5-7,12H,8-9H2,1-4H3,(H,16,17). The normalized spacial score (nSPS) is 18.3. The Balaban J connectivity index is 2.08. The van der Waals surface area contributed by atoms with Gasteiger partial charge in [0.1, 0.15) is 5.60 Å². The van der Waals surface area contributed by atoms with E-state index in [-0.39, 0.29) is 12.1 Å². The number of nitrogens with one attached hydrogen (secondary N) is 1. The average Bonchev–Trinajstić information content (AvgIpc) is 2.59. The molecular formula is C15H21NO2. The summed E-state index contributed by atoms with van der Waals surface area (Å²) >= 11 is 0. The highest BCUT2D eigenvalue weighted by atomic mass is 16.6. The Labute approximate surface area is 109 Å². The second-order valence-corrected chi connectivity index (χ2v) is 5.89. The molecule has 1 amide bonds. The summed E-state index contributed by atoms with van der Waals surface area (Å²) in [5, 5.41) is 2.97. The van der Waals surface area contributed by atoms with Gasteiger partial charge in [-0.3, -0.25) is 0 Å². The van der Waals surface area contributed by atoms with Gasteiger partial charge in [-0.15, -0.1) is 0 Å². The second-order valence-electron chi connectivity index (χ2n) is 5.89. The van der Waals surface area contributed by atoms with Crippen LogP contribution in [0.15, 0.2) is 18.2 Å². The number of alkyl carbamates (subject to hydrolysis) is 1. The van der Waals surface area contributed by atoms with Crippen molar-refractivity contribution >= 4 is 6.09 Å². The van der Waals surface area contributed by atoms with E-state index in [1.807, 2.05) is 20.8 Å². The summed E-state index contributed by atoms with van der Waals surface area (Å²) in [5.74, 6) is 0. The van der Waals surface area contributed by atoms with Gasteiger partial charge in [-0.25, -0.2) is 4.79 Å². The summed E-state index contributed by atoms with van der Waals surface area (Å²) in [4.78, 5) is 11.8. The Hall–Kier alpha value is -1.51. The first-order valence-corrected chi connectivity index (χ1v) is 6.45. The summed E-state index contributed by atoms with van der Waals surface area (Å²) in [6.07, 6.45) is 1.65. The van der Waals surface area contributed by atoms with E-state index in [2.05, 4.69) is 30.4 Å². The lowest BCUT2D eigenvalue weighted by Gasteiger charge is -2.22. The number of rotatable bonds is 1. The van der Waals surface area contributed by atoms with E-state index < -0.39 is 5.60 Å². The van der Waals surface area contributed by atoms with Crippen LogP contribution in [0.5, 0.6) is 0 Å². The van der Waals surface area contributed by atoms with Crippen LogP contribution in [0, 0.1) is 6.92 Å². The average molecular weight is 247 g/mol. The molecule has 0 aromatic heterocycles. The quantitative estimate of drug-likeness (QED) is 0.824. The fraction of sp³-hybridized carbons (Fsp3) is 0.533. The number of amides is 1. The molecule has 0 saturated carbocycles. The largest absolute Gasteiger partial charge is 0.444 e. The van der Waals surface area contributed by atoms with Crippen LogP contribution in [0.3, 0.4) is 0 Å². The molecule has 0 aliphatic heterocycles. The van der Waals surface area contributed by atoms with Gasteiger partial charge in [-0.2, -0.15) is 0 Å². The highest BCUT2D eigenvalue weighted by molar-refractivity contribution is 5.69. The fourth-order valence-corrected chi connectivity index (χ4v) is 2.50. The number of carbonyl (C=O) groups is 1. The number of fused-ring (bicyclic) bond motifs is 1. The minimum absolute atomic E-state index is 0.0936. The molecule has 1 aromatic carbocycles. The highest BCUT2D eigenvalue weighted by Crippen LogP contribution is 2.33. The molecule has 1 atom stereocenters. The lowest BCUT2D eigenvalue weighted by atomic mass is 10.0. The third-order valence-corrected chi connectivity index (χ3v) is 3.16. The number of ether oxygens (including phenoxy) is 1. The second kappa shape index (κ2) is 4.63. The summed E-state index contributed by atoms with van der Waals surface area (Å²) in [6.45, 7) is 7.72. The lowest BCUT2D eigenvalue weighted by molar-refractivity contribution is 0.0503. The number of carbonyl (C=O) groups excluding carboxylic acids is 1. The molecule has 98 valence electrons. The molecule has 0 bridgehead atoms. The van der Waals surface area contributed by atoms with Gasteiger partial charge in [0.2, 0.25) is 0 Å². The third kappa shape index (κ3) is 2.84. The van der Waals surface area contributed by atoms with E-state index in [0.29, 0.717) is 0 Å². The van der Waals surface area contributed by atoms with Crippen molar-refractivity contribution in [3.8, 4) is 0 Å². The van der Waals surface area contributed by atoms with Crippen molar-refractivity contribution in [3.05, 3.63) is 34.9 Å². The highest BCUT2D eigenvalue weighted by Gasteiger charge is 2.27. The number of benzene rings is 1. The van der Waals surface area contributed by atoms with Crippen molar-refractivity contribution in [2.24, 2.45) is 0 Å². The Morgan fingerprint density at radius 2 is 2.11 bits per heavy atom. The van der Waals surface area contributed by atoms with E-state index in [1.54, 1.807) is 0 Å². The van der Waals surface area contributed by atoms with Gasteiger partial charge < -0.3 is 10.1 Å². The molecule has 0 saturated heterocycles. The topological polar surface area (TPSA) is 38.3 Å². The summed E-state index contributed by atoms with van der Waals surface area (Å²) < 4.78 is 5.30. The van der Waals surface area contributed by atoms with Crippen LogP contribution in [0.4, 0.5) is 4.79 Å². The first kappa shape index (κ1) is 12.9. The lowest BCUT2D eigenvalue weighted by Crippen LogP contribution is -2.34. The predicted octanol–water partition coefficient (Wildman–Crippen LogP) is 3.51. The Bertz CT molecular complexity index is 460. The molecule has 1 aromatic rings. The molecule has 1 N–H and O–H groups in total. The summed E-state index contributed by atoms with van der Waals surface area (Å²) in [7, 11) is 0. The smallest absolute Gasteiger partial charge is 0.408 e. The molecule has 2 rings (SSSR count). The molecule has 18 heavy (non-hydrogen) atoms.